The van der Waals surface area contributed by atoms with Gasteiger partial charge in [-0.2, -0.15) is 0 Å². The molecule has 0 radical (unpaired) electrons. The van der Waals surface area contributed by atoms with Crippen LogP contribution >= 0.6 is 0 Å². The van der Waals surface area contributed by atoms with Crippen molar-refractivity contribution in [1.29, 1.82) is 0 Å². The van der Waals surface area contributed by atoms with Gasteiger partial charge in [-0.05, 0) is 36.6 Å². The monoisotopic (exact) mass is 405 g/mol. The Kier molecular flexibility index (Phi) is 8.20. The van der Waals surface area contributed by atoms with E-state index in [-0.39, 0.29) is 31.1 Å². The van der Waals surface area contributed by atoms with Gasteiger partial charge in [0, 0.05) is 50.2 Å². The van der Waals surface area contributed by atoms with Gasteiger partial charge >= 0.3 is 0 Å². The summed E-state index contributed by atoms with van der Waals surface area (Å²) in [5.41, 5.74) is 3.52. The number of hydrogen-bond acceptors (Lipinski definition) is 4. The van der Waals surface area contributed by atoms with E-state index in [1.165, 1.54) is 0 Å². The molecule has 5 heteroatoms. The minimum absolute atomic E-state index is 0.0645. The molecule has 1 N–H and O–H groups in total. The van der Waals surface area contributed by atoms with Crippen LogP contribution in [0.15, 0.2) is 48.5 Å². The molecule has 1 amide bonds. The maximum Gasteiger partial charge on any atom is 0.227 e. The molecule has 2 aromatic rings. The van der Waals surface area contributed by atoms with Crippen molar-refractivity contribution in [3.05, 3.63) is 65.2 Å². The summed E-state index contributed by atoms with van der Waals surface area (Å²) < 4.78 is 5.34. The summed E-state index contributed by atoms with van der Waals surface area (Å²) in [5, 5.41) is 8.71. The molecule has 1 heterocycles. The van der Waals surface area contributed by atoms with E-state index in [1.807, 2.05) is 48.5 Å². The third-order valence-corrected chi connectivity index (χ3v) is 4.98. The molecule has 0 atom stereocenters. The molecular weight excluding hydrogens is 378 g/mol. The molecule has 3 rings (SSSR count). The molecule has 0 bridgehead atoms. The van der Waals surface area contributed by atoms with E-state index in [0.717, 1.165) is 22.4 Å². The van der Waals surface area contributed by atoms with Crippen LogP contribution in [0.5, 0.6) is 0 Å². The van der Waals surface area contributed by atoms with Gasteiger partial charge in [0.2, 0.25) is 5.91 Å². The molecule has 30 heavy (non-hydrogen) atoms. The van der Waals surface area contributed by atoms with Gasteiger partial charge < -0.3 is 14.7 Å². The Morgan fingerprint density at radius 2 is 1.60 bits per heavy atom. The van der Waals surface area contributed by atoms with Crippen molar-refractivity contribution in [1.82, 2.24) is 0 Å². The Morgan fingerprint density at radius 1 is 0.900 bits per heavy atom. The Labute approximate surface area is 177 Å². The number of anilines is 1. The highest BCUT2D eigenvalue weighted by atomic mass is 16.5. The molecule has 0 spiro atoms. The smallest absolute Gasteiger partial charge is 0.227 e. The molecule has 1 aliphatic heterocycles. The number of amides is 1. The number of para-hydroxylation sites is 1. The second-order valence-corrected chi connectivity index (χ2v) is 7.24. The fourth-order valence-corrected chi connectivity index (χ4v) is 3.35. The van der Waals surface area contributed by atoms with Gasteiger partial charge in [-0.25, -0.2) is 0 Å². The lowest BCUT2D eigenvalue weighted by molar-refractivity contribution is -0.124. The van der Waals surface area contributed by atoms with Crippen LogP contribution in [0.3, 0.4) is 0 Å². The van der Waals surface area contributed by atoms with Gasteiger partial charge in [0.1, 0.15) is 5.78 Å². The zero-order chi connectivity index (χ0) is 21.2. The molecule has 2 aromatic carbocycles. The average Bonchev–Trinajstić information content (AvgIpc) is 2.76. The SMILES string of the molecule is O=C(CCCOCCCO)CCC(=O)N1Cc2ccccc2C#Cc2ccccc21. The van der Waals surface area contributed by atoms with Crippen molar-refractivity contribution in [2.45, 2.75) is 38.6 Å². The number of nitrogens with zero attached hydrogens (tertiary/aromatic N) is 1. The van der Waals surface area contributed by atoms with Crippen LogP contribution in [0.4, 0.5) is 5.69 Å². The minimum Gasteiger partial charge on any atom is -0.396 e. The first-order valence-electron chi connectivity index (χ1n) is 10.4. The standard InChI is InChI=1S/C25H27NO4/c27-16-6-18-30-17-5-10-23(28)14-15-25(29)26-19-22-9-2-1-7-20(22)12-13-21-8-3-4-11-24(21)26/h1-4,7-9,11,27H,5-6,10,14-19H2. The topological polar surface area (TPSA) is 66.8 Å². The van der Waals surface area contributed by atoms with Crippen LogP contribution in [0, 0.1) is 11.8 Å². The van der Waals surface area contributed by atoms with Crippen molar-refractivity contribution >= 4 is 17.4 Å². The van der Waals surface area contributed by atoms with Gasteiger partial charge in [-0.3, -0.25) is 9.59 Å². The molecule has 156 valence electrons. The number of carbonyl (C=O) groups excluding carboxylic acids is 2. The fraction of sp³-hybridized carbons (Fsp3) is 0.360. The summed E-state index contributed by atoms with van der Waals surface area (Å²) >= 11 is 0. The first kappa shape index (κ1) is 21.8. The molecule has 5 nitrogen and oxygen atoms in total. The number of Topliss-reactive ketones (excluding diaryl/α,β-unsaturated/α-hetero) is 1. The number of carbonyl (C=O) groups is 2. The maximum absolute atomic E-state index is 13.1. The number of ether oxygens (including phenoxy) is 1. The summed E-state index contributed by atoms with van der Waals surface area (Å²) in [7, 11) is 0. The highest BCUT2D eigenvalue weighted by Crippen LogP contribution is 2.26. The molecule has 0 saturated carbocycles. The van der Waals surface area contributed by atoms with Crippen LogP contribution in [0.2, 0.25) is 0 Å². The lowest BCUT2D eigenvalue weighted by atomic mass is 10.0. The third kappa shape index (κ3) is 6.03. The number of ketones is 1. The summed E-state index contributed by atoms with van der Waals surface area (Å²) in [6.07, 6.45) is 2.04. The van der Waals surface area contributed by atoms with Crippen molar-refractivity contribution in [3.8, 4) is 11.8 Å². The van der Waals surface area contributed by atoms with E-state index in [2.05, 4.69) is 11.8 Å². The van der Waals surface area contributed by atoms with Gasteiger partial charge in [-0.1, -0.05) is 42.2 Å². The number of aliphatic hydroxyl groups is 1. The van der Waals surface area contributed by atoms with E-state index < -0.39 is 0 Å². The molecular formula is C25H27NO4. The van der Waals surface area contributed by atoms with E-state index >= 15 is 0 Å². The Morgan fingerprint density at radius 3 is 2.43 bits per heavy atom. The highest BCUT2D eigenvalue weighted by Gasteiger charge is 2.21. The second kappa shape index (κ2) is 11.3. The average molecular weight is 405 g/mol. The van der Waals surface area contributed by atoms with Crippen molar-refractivity contribution < 1.29 is 19.4 Å². The summed E-state index contributed by atoms with van der Waals surface area (Å²) in [6, 6.07) is 15.5. The number of hydrogen-bond donors (Lipinski definition) is 1. The van der Waals surface area contributed by atoms with Crippen molar-refractivity contribution in [2.75, 3.05) is 24.7 Å². The van der Waals surface area contributed by atoms with E-state index in [9.17, 15) is 9.59 Å². The Bertz CT molecular complexity index is 941. The lowest BCUT2D eigenvalue weighted by Crippen LogP contribution is -2.32. The molecule has 0 aromatic heterocycles. The number of benzene rings is 2. The van der Waals surface area contributed by atoms with Crippen LogP contribution in [-0.2, 0) is 20.9 Å². The number of rotatable bonds is 10. The second-order valence-electron chi connectivity index (χ2n) is 7.24. The normalized spacial score (nSPS) is 12.1. The first-order valence-corrected chi connectivity index (χ1v) is 10.4. The zero-order valence-electron chi connectivity index (χ0n) is 17.1. The first-order chi connectivity index (χ1) is 14.7. The molecule has 1 aliphatic rings. The maximum atomic E-state index is 13.1. The zero-order valence-corrected chi connectivity index (χ0v) is 17.1. The minimum atomic E-state index is -0.0755. The Hall–Kier alpha value is -2.94. The van der Waals surface area contributed by atoms with Gasteiger partial charge in [-0.15, -0.1) is 0 Å². The van der Waals surface area contributed by atoms with Gasteiger partial charge in [0.15, 0.2) is 0 Å². The third-order valence-electron chi connectivity index (χ3n) is 4.98. The van der Waals surface area contributed by atoms with Crippen molar-refractivity contribution in [3.63, 3.8) is 0 Å². The van der Waals surface area contributed by atoms with E-state index in [4.69, 9.17) is 9.84 Å². The summed E-state index contributed by atoms with van der Waals surface area (Å²) in [5.74, 6) is 6.37. The predicted molar refractivity (Wildman–Crippen MR) is 116 cm³/mol. The van der Waals surface area contributed by atoms with E-state index in [1.54, 1.807) is 4.90 Å². The molecule has 0 saturated heterocycles. The van der Waals surface area contributed by atoms with Gasteiger partial charge in [0.05, 0.1) is 12.2 Å². The predicted octanol–water partition coefficient (Wildman–Crippen LogP) is 3.46. The largest absolute Gasteiger partial charge is 0.396 e. The summed E-state index contributed by atoms with van der Waals surface area (Å²) in [4.78, 5) is 27.0. The number of aliphatic hydroxyl groups excluding tert-OH is 1. The van der Waals surface area contributed by atoms with Crippen LogP contribution in [0.25, 0.3) is 0 Å². The number of fused-ring (bicyclic) bond motifs is 2. The van der Waals surface area contributed by atoms with Gasteiger partial charge in [0.25, 0.3) is 0 Å². The Balaban J connectivity index is 1.61. The molecule has 0 unspecified atom stereocenters. The highest BCUT2D eigenvalue weighted by molar-refractivity contribution is 5.97. The van der Waals surface area contributed by atoms with Crippen LogP contribution < -0.4 is 4.90 Å². The van der Waals surface area contributed by atoms with Crippen LogP contribution in [0.1, 0.15) is 48.8 Å². The van der Waals surface area contributed by atoms with Crippen LogP contribution in [-0.4, -0.2) is 36.6 Å². The van der Waals surface area contributed by atoms with E-state index in [0.29, 0.717) is 39.0 Å². The fourth-order valence-electron chi connectivity index (χ4n) is 3.35. The quantitative estimate of drug-likeness (QED) is 0.486. The molecule has 0 aliphatic carbocycles. The molecule has 0 fully saturated rings. The van der Waals surface area contributed by atoms with Crippen molar-refractivity contribution in [2.24, 2.45) is 0 Å². The lowest BCUT2D eigenvalue weighted by Gasteiger charge is -2.26. The summed E-state index contributed by atoms with van der Waals surface area (Å²) in [6.45, 7) is 1.54.